The predicted octanol–water partition coefficient (Wildman–Crippen LogP) is 18.1. The number of aliphatic hydroxyl groups excluding tert-OH is 1. The number of benzene rings is 7. The van der Waals surface area contributed by atoms with E-state index in [-0.39, 0.29) is 43.0 Å². The molecule has 0 bridgehead atoms. The van der Waals surface area contributed by atoms with Crippen molar-refractivity contribution in [2.75, 3.05) is 14.2 Å². The van der Waals surface area contributed by atoms with Gasteiger partial charge in [-0.3, -0.25) is 9.69 Å². The number of aryl methyl sites for hydroxylation is 5. The van der Waals surface area contributed by atoms with Gasteiger partial charge in [0.1, 0.15) is 17.9 Å². The molecule has 7 atom stereocenters. The number of hydrogen-bond donors (Lipinski definition) is 1. The van der Waals surface area contributed by atoms with Crippen LogP contribution in [0.4, 0.5) is 5.69 Å². The molecule has 101 heavy (non-hydrogen) atoms. The lowest BCUT2D eigenvalue weighted by Gasteiger charge is -2.29. The van der Waals surface area contributed by atoms with E-state index in [4.69, 9.17) is 50.4 Å². The minimum Gasteiger partial charge on any atom is -0.496 e. The van der Waals surface area contributed by atoms with E-state index in [1.807, 2.05) is 171 Å². The first-order valence-electron chi connectivity index (χ1n) is 33.8. The third kappa shape index (κ3) is 18.3. The summed E-state index contributed by atoms with van der Waals surface area (Å²) in [5.41, 5.74) is 21.2. The van der Waals surface area contributed by atoms with Crippen molar-refractivity contribution in [3.05, 3.63) is 247 Å². The molecule has 0 aliphatic carbocycles. The Balaban J connectivity index is 0.000000138. The van der Waals surface area contributed by atoms with Crippen LogP contribution in [0.2, 0.25) is 0 Å². The summed E-state index contributed by atoms with van der Waals surface area (Å²) in [7, 11) is 3.39. The van der Waals surface area contributed by atoms with E-state index in [0.29, 0.717) is 18.5 Å². The lowest BCUT2D eigenvalue weighted by atomic mass is 9.91. The van der Waals surface area contributed by atoms with E-state index in [0.717, 1.165) is 117 Å². The largest absolute Gasteiger partial charge is 0.496 e. The highest BCUT2D eigenvalue weighted by Gasteiger charge is 2.53. The maximum absolute atomic E-state index is 12.1. The molecule has 0 saturated heterocycles. The fourth-order valence-electron chi connectivity index (χ4n) is 13.0. The zero-order chi connectivity index (χ0) is 72.4. The molecule has 8 aliphatic rings. The summed E-state index contributed by atoms with van der Waals surface area (Å²) in [5, 5.41) is 46.1. The summed E-state index contributed by atoms with van der Waals surface area (Å²) in [6.07, 6.45) is 5.68. The summed E-state index contributed by atoms with van der Waals surface area (Å²) in [4.78, 5) is 54.5. The Bertz CT molecular complexity index is 4350. The van der Waals surface area contributed by atoms with E-state index in [1.165, 1.54) is 38.9 Å². The molecule has 20 nitrogen and oxygen atoms in total. The summed E-state index contributed by atoms with van der Waals surface area (Å²) in [5.74, 6) is 0.754. The van der Waals surface area contributed by atoms with E-state index >= 15 is 0 Å². The van der Waals surface area contributed by atoms with Crippen molar-refractivity contribution < 1.29 is 48.5 Å². The van der Waals surface area contributed by atoms with Crippen molar-refractivity contribution in [1.29, 1.82) is 5.26 Å². The van der Waals surface area contributed by atoms with E-state index in [1.54, 1.807) is 25.1 Å². The minimum absolute atomic E-state index is 0.000463. The second-order valence-electron chi connectivity index (χ2n) is 26.3. The van der Waals surface area contributed by atoms with Crippen LogP contribution in [0.1, 0.15) is 207 Å². The van der Waals surface area contributed by atoms with Crippen molar-refractivity contribution in [2.45, 2.75) is 176 Å². The van der Waals surface area contributed by atoms with Gasteiger partial charge in [-0.15, -0.1) is 0 Å². The third-order valence-electron chi connectivity index (χ3n) is 17.9. The number of carbonyl (C=O) groups excluding carboxylic acids is 1. The van der Waals surface area contributed by atoms with Gasteiger partial charge in [0.15, 0.2) is 30.1 Å². The molecule has 15 rings (SSSR count). The average Bonchev–Trinajstić information content (AvgIpc) is 1.57. The molecule has 0 radical (unpaired) electrons. The fourth-order valence-corrected chi connectivity index (χ4v) is 13.0. The van der Waals surface area contributed by atoms with Gasteiger partial charge >= 0.3 is 0 Å². The second kappa shape index (κ2) is 34.2. The van der Waals surface area contributed by atoms with Gasteiger partial charge in [0, 0.05) is 79.0 Å². The lowest BCUT2D eigenvalue weighted by molar-refractivity contribution is -0.107. The maximum atomic E-state index is 12.1. The van der Waals surface area contributed by atoms with Crippen molar-refractivity contribution in [2.24, 2.45) is 36.1 Å². The monoisotopic (exact) mass is 1360 g/mol. The van der Waals surface area contributed by atoms with Crippen LogP contribution in [-0.2, 0) is 51.8 Å². The predicted molar refractivity (Wildman–Crippen MR) is 394 cm³/mol. The first kappa shape index (κ1) is 74.3. The van der Waals surface area contributed by atoms with Crippen LogP contribution in [0.3, 0.4) is 0 Å². The van der Waals surface area contributed by atoms with Crippen molar-refractivity contribution in [3.8, 4) is 11.8 Å². The molecule has 7 aromatic carbocycles. The normalized spacial score (nSPS) is 21.9. The maximum Gasteiger partial charge on any atom is 0.257 e. The summed E-state index contributed by atoms with van der Waals surface area (Å²) >= 11 is 0. The number of nitriles is 1. The molecule has 0 saturated carbocycles. The summed E-state index contributed by atoms with van der Waals surface area (Å²) in [6, 6.07) is 53.5. The van der Waals surface area contributed by atoms with Crippen molar-refractivity contribution >= 4 is 51.6 Å². The van der Waals surface area contributed by atoms with Crippen LogP contribution >= 0.6 is 0 Å². The molecule has 20 heteroatoms. The molecule has 8 aliphatic heterocycles. The highest BCUT2D eigenvalue weighted by molar-refractivity contribution is 6.01. The number of hydrogen-bond acceptors (Lipinski definition) is 18. The first-order valence-corrected chi connectivity index (χ1v) is 33.8. The molecule has 1 amide bonds. The number of aliphatic hydroxyl groups is 1. The number of rotatable bonds is 8. The molecule has 6 unspecified atom stereocenters. The van der Waals surface area contributed by atoms with Gasteiger partial charge in [-0.05, 0) is 134 Å². The molecule has 0 fully saturated rings. The third-order valence-corrected chi connectivity index (χ3v) is 17.9. The molecule has 1 spiro atoms. The molecule has 524 valence electrons. The van der Waals surface area contributed by atoms with Gasteiger partial charge < -0.3 is 43.7 Å². The molecule has 0 aromatic heterocycles. The lowest BCUT2D eigenvalue weighted by Crippen LogP contribution is -2.41. The number of carbonyl (C=O) groups is 1. The Morgan fingerprint density at radius 2 is 0.990 bits per heavy atom. The average molecular weight is 1360 g/mol. The minimum atomic E-state index is -0.897. The van der Waals surface area contributed by atoms with Gasteiger partial charge in [-0.2, -0.15) is 5.26 Å². The van der Waals surface area contributed by atoms with Crippen LogP contribution in [0.5, 0.6) is 5.75 Å². The molecular formula is C81H90N10O10. The van der Waals surface area contributed by atoms with E-state index in [2.05, 4.69) is 111 Å². The topological polar surface area (TPSA) is 229 Å². The highest BCUT2D eigenvalue weighted by atomic mass is 16.7. The Labute approximate surface area is 593 Å². The van der Waals surface area contributed by atoms with Gasteiger partial charge in [0.2, 0.25) is 5.72 Å². The second-order valence-corrected chi connectivity index (χ2v) is 26.3. The van der Waals surface area contributed by atoms with Crippen LogP contribution < -0.4 is 4.74 Å². The molecule has 8 heterocycles. The van der Waals surface area contributed by atoms with Crippen LogP contribution in [0, 0.1) is 52.5 Å². The van der Waals surface area contributed by atoms with E-state index in [9.17, 15) is 9.90 Å². The zero-order valence-corrected chi connectivity index (χ0v) is 60.1. The van der Waals surface area contributed by atoms with Crippen molar-refractivity contribution in [3.63, 3.8) is 0 Å². The number of fused-ring (bicyclic) bond motifs is 2. The molecule has 1 N–H and O–H groups in total. The Morgan fingerprint density at radius 3 is 1.49 bits per heavy atom. The number of oxime groups is 7. The van der Waals surface area contributed by atoms with Crippen LogP contribution in [-0.4, -0.2) is 70.1 Å². The molecular weight excluding hydrogens is 1270 g/mol. The Kier molecular flexibility index (Phi) is 25.2. The fraction of sp³-hybridized carbons (Fsp3) is 0.358. The van der Waals surface area contributed by atoms with Gasteiger partial charge in [0.05, 0.1) is 66.7 Å². The Morgan fingerprint density at radius 1 is 0.525 bits per heavy atom. The van der Waals surface area contributed by atoms with Crippen LogP contribution in [0.25, 0.3) is 4.85 Å². The zero-order valence-electron chi connectivity index (χ0n) is 60.1. The first-order chi connectivity index (χ1) is 48.6. The smallest absolute Gasteiger partial charge is 0.257 e. The number of methoxy groups -OCH3 is 1. The van der Waals surface area contributed by atoms with Gasteiger partial charge in [-0.25, -0.2) is 4.85 Å². The summed E-state index contributed by atoms with van der Waals surface area (Å²) in [6.45, 7) is 31.1. The summed E-state index contributed by atoms with van der Waals surface area (Å²) < 4.78 is 5.37. The number of nitrogens with zero attached hydrogens (tertiary/aromatic N) is 10. The van der Waals surface area contributed by atoms with Crippen molar-refractivity contribution in [1.82, 2.24) is 4.90 Å². The Hall–Kier alpha value is -11.0. The number of amides is 1. The highest BCUT2D eigenvalue weighted by Crippen LogP contribution is 2.45. The number of para-hydroxylation sites is 1. The standard InChI is InChI=1S/C13H17NO3.C13H17NO.C12H12N2O2.2C11H10N2O.C11H13NO.C10H11NO/c1-8-4-10(7-15)13(11(5-8)16-3)12-6-9(2)14-17-12;1-8-5-9(2)13(10(3)6-8)12-7-11(4)14-15-12;1-8-7-12(16-13-8)10-6-4-3-5-9(10)11(15)14(12)2;1-8-7-11(14-13-8)9-5-3-4-6-10(9)12-2;1-9-7-11(8-12,14-13-9)10-5-3-2-4-6-10;1-8-5-3-4-6-10(8)11-7-9(2)12-13-11;1-8-7-10(12-11-8)9-5-3-2-4-6-9/h4-5,12,15H,6-7H2,1-3H3;5-6,12H,7H2,1-4H3;3-6H,7H2,1-2H3;3-6,11H,7H2,1H3;2-6H,7H2,1H3;3-6,11H,7H2,1-2H3;2-6,10H,7H2,1H3/t;;;;11-;;/m....0../s1. The SMILES string of the molecule is CC1=NOC(c2c(C)cc(C)cc2C)C1.CC1=NOC(c2ccccc2)C1.CC1=NOC(c2ccccc2C)C1.CC1=NOC2(C1)c1ccccc1C(=O)N2C.CC1=NO[C@@](C#N)(c2ccccc2)C1.COc1cc(C)cc(CO)c1C1CC(C)=NO1.[C-]#[N+]c1ccccc1C1CC(C)=NO1. The van der Waals surface area contributed by atoms with E-state index < -0.39 is 11.3 Å². The van der Waals surface area contributed by atoms with Gasteiger partial charge in [0.25, 0.3) is 11.5 Å². The molecule has 7 aromatic rings. The van der Waals surface area contributed by atoms with Crippen LogP contribution in [0.15, 0.2) is 194 Å². The van der Waals surface area contributed by atoms with Gasteiger partial charge in [-0.1, -0.05) is 187 Å². The number of ether oxygens (including phenoxy) is 1. The quantitative estimate of drug-likeness (QED) is 0.141.